The molecule has 0 radical (unpaired) electrons. The van der Waals surface area contributed by atoms with Crippen LogP contribution in [0.4, 0.5) is 10.1 Å². The van der Waals surface area contributed by atoms with Gasteiger partial charge in [0.05, 0.1) is 22.6 Å². The van der Waals surface area contributed by atoms with Crippen molar-refractivity contribution in [1.82, 2.24) is 9.78 Å². The molecule has 146 valence electrons. The Morgan fingerprint density at radius 2 is 1.79 bits per heavy atom. The molecule has 1 heterocycles. The molecule has 1 amide bonds. The average molecular weight is 400 g/mol. The fourth-order valence-corrected chi connectivity index (χ4v) is 3.27. The van der Waals surface area contributed by atoms with E-state index in [1.807, 2.05) is 23.7 Å². The van der Waals surface area contributed by atoms with Crippen LogP contribution in [0.3, 0.4) is 0 Å². The number of hydrogen-bond acceptors (Lipinski definition) is 2. The number of rotatable bonds is 6. The second kappa shape index (κ2) is 8.57. The van der Waals surface area contributed by atoms with E-state index in [0.717, 1.165) is 17.1 Å². The molecule has 0 saturated carbocycles. The van der Waals surface area contributed by atoms with Crippen molar-refractivity contribution < 1.29 is 9.18 Å². The Bertz CT molecular complexity index is 963. The first-order chi connectivity index (χ1) is 13.4. The quantitative estimate of drug-likeness (QED) is 0.579. The molecule has 1 aromatic heterocycles. The second-order valence-electron chi connectivity index (χ2n) is 7.07. The van der Waals surface area contributed by atoms with E-state index in [1.165, 1.54) is 12.1 Å². The number of anilines is 1. The molecule has 4 nitrogen and oxygen atoms in total. The van der Waals surface area contributed by atoms with E-state index < -0.39 is 0 Å². The zero-order valence-corrected chi connectivity index (χ0v) is 16.9. The Morgan fingerprint density at radius 1 is 1.14 bits per heavy atom. The van der Waals surface area contributed by atoms with Crippen LogP contribution in [0.2, 0.25) is 5.02 Å². The number of halogens is 2. The lowest BCUT2D eigenvalue weighted by atomic mass is 10.0. The topological polar surface area (TPSA) is 46.9 Å². The standard InChI is InChI=1S/C22H23ClFN3O/c1-4-20-21(22(28)25-17-9-7-16(24)8-10-17)19(13-14(2)3)26-27(20)18-11-5-15(23)6-12-18/h5-12,14H,4,13H2,1-3H3,(H,25,28). The first-order valence-corrected chi connectivity index (χ1v) is 9.70. The van der Waals surface area contributed by atoms with Gasteiger partial charge in [-0.15, -0.1) is 0 Å². The minimum absolute atomic E-state index is 0.237. The van der Waals surface area contributed by atoms with Crippen LogP contribution in [-0.4, -0.2) is 15.7 Å². The summed E-state index contributed by atoms with van der Waals surface area (Å²) in [6.45, 7) is 6.18. The van der Waals surface area contributed by atoms with Crippen molar-refractivity contribution in [2.75, 3.05) is 5.32 Å². The van der Waals surface area contributed by atoms with Gasteiger partial charge in [-0.1, -0.05) is 32.4 Å². The summed E-state index contributed by atoms with van der Waals surface area (Å²) in [6.07, 6.45) is 1.32. The largest absolute Gasteiger partial charge is 0.322 e. The number of benzene rings is 2. The maximum atomic E-state index is 13.2. The Balaban J connectivity index is 2.05. The van der Waals surface area contributed by atoms with Crippen molar-refractivity contribution in [3.63, 3.8) is 0 Å². The van der Waals surface area contributed by atoms with Gasteiger partial charge in [0.15, 0.2) is 0 Å². The van der Waals surface area contributed by atoms with Gasteiger partial charge >= 0.3 is 0 Å². The molecule has 0 aliphatic carbocycles. The molecule has 28 heavy (non-hydrogen) atoms. The summed E-state index contributed by atoms with van der Waals surface area (Å²) < 4.78 is 15.0. The molecule has 1 N–H and O–H groups in total. The molecular weight excluding hydrogens is 377 g/mol. The molecule has 0 unspecified atom stereocenters. The van der Waals surface area contributed by atoms with E-state index in [4.69, 9.17) is 16.7 Å². The summed E-state index contributed by atoms with van der Waals surface area (Å²) >= 11 is 6.01. The van der Waals surface area contributed by atoms with Crippen molar-refractivity contribution in [3.05, 3.63) is 76.3 Å². The summed E-state index contributed by atoms with van der Waals surface area (Å²) in [7, 11) is 0. The summed E-state index contributed by atoms with van der Waals surface area (Å²) in [5, 5.41) is 8.26. The van der Waals surface area contributed by atoms with Gasteiger partial charge in [0.2, 0.25) is 0 Å². The van der Waals surface area contributed by atoms with Gasteiger partial charge < -0.3 is 5.32 Å². The zero-order valence-electron chi connectivity index (χ0n) is 16.2. The smallest absolute Gasteiger partial charge is 0.259 e. The van der Waals surface area contributed by atoms with E-state index in [0.29, 0.717) is 35.0 Å². The van der Waals surface area contributed by atoms with E-state index in [1.54, 1.807) is 24.3 Å². The molecule has 6 heteroatoms. The van der Waals surface area contributed by atoms with Crippen molar-refractivity contribution in [2.24, 2.45) is 5.92 Å². The van der Waals surface area contributed by atoms with E-state index in [-0.39, 0.29) is 11.7 Å². The number of nitrogens with one attached hydrogen (secondary N) is 1. The van der Waals surface area contributed by atoms with Crippen molar-refractivity contribution in [1.29, 1.82) is 0 Å². The Hall–Kier alpha value is -2.66. The highest BCUT2D eigenvalue weighted by Crippen LogP contribution is 2.24. The molecule has 0 spiro atoms. The number of carbonyl (C=O) groups excluding carboxylic acids is 1. The third kappa shape index (κ3) is 4.42. The summed E-state index contributed by atoms with van der Waals surface area (Å²) in [5.41, 5.74) is 3.56. The van der Waals surface area contributed by atoms with Crippen molar-refractivity contribution in [2.45, 2.75) is 33.6 Å². The third-order valence-electron chi connectivity index (χ3n) is 4.39. The number of aromatic nitrogens is 2. The minimum atomic E-state index is -0.344. The van der Waals surface area contributed by atoms with Gasteiger partial charge in [0, 0.05) is 10.7 Å². The van der Waals surface area contributed by atoms with Crippen LogP contribution in [0.1, 0.15) is 42.5 Å². The molecule has 0 saturated heterocycles. The lowest BCUT2D eigenvalue weighted by molar-refractivity contribution is 0.102. The second-order valence-corrected chi connectivity index (χ2v) is 7.51. The Labute approximate surface area is 169 Å². The number of hydrogen-bond donors (Lipinski definition) is 1. The number of nitrogens with zero attached hydrogens (tertiary/aromatic N) is 2. The monoisotopic (exact) mass is 399 g/mol. The summed E-state index contributed by atoms with van der Waals surface area (Å²) in [5.74, 6) is -0.238. The fraction of sp³-hybridized carbons (Fsp3) is 0.273. The van der Waals surface area contributed by atoms with Gasteiger partial charge in [-0.2, -0.15) is 5.10 Å². The lowest BCUT2D eigenvalue weighted by Gasteiger charge is -2.10. The van der Waals surface area contributed by atoms with E-state index in [2.05, 4.69) is 19.2 Å². The maximum absolute atomic E-state index is 13.2. The van der Waals surface area contributed by atoms with Crippen LogP contribution >= 0.6 is 11.6 Å². The van der Waals surface area contributed by atoms with Gasteiger partial charge in [0.25, 0.3) is 5.91 Å². The lowest BCUT2D eigenvalue weighted by Crippen LogP contribution is -2.16. The molecule has 3 aromatic rings. The summed E-state index contributed by atoms with van der Waals surface area (Å²) in [4.78, 5) is 13.1. The number of amides is 1. The van der Waals surface area contributed by atoms with Crippen molar-refractivity contribution >= 4 is 23.2 Å². The normalized spacial score (nSPS) is 11.1. The fourth-order valence-electron chi connectivity index (χ4n) is 3.14. The van der Waals surface area contributed by atoms with Crippen LogP contribution in [0.5, 0.6) is 0 Å². The molecule has 0 aliphatic heterocycles. The first kappa shape index (κ1) is 20.1. The van der Waals surface area contributed by atoms with E-state index in [9.17, 15) is 9.18 Å². The van der Waals surface area contributed by atoms with Gasteiger partial charge in [-0.3, -0.25) is 4.79 Å². The highest BCUT2D eigenvalue weighted by Gasteiger charge is 2.24. The van der Waals surface area contributed by atoms with Crippen LogP contribution < -0.4 is 5.32 Å². The predicted molar refractivity (Wildman–Crippen MR) is 111 cm³/mol. The van der Waals surface area contributed by atoms with Crippen LogP contribution in [0.25, 0.3) is 5.69 Å². The Morgan fingerprint density at radius 3 is 2.36 bits per heavy atom. The first-order valence-electron chi connectivity index (χ1n) is 9.32. The molecule has 0 atom stereocenters. The minimum Gasteiger partial charge on any atom is -0.322 e. The average Bonchev–Trinajstić information content (AvgIpc) is 3.01. The van der Waals surface area contributed by atoms with E-state index >= 15 is 0 Å². The molecule has 3 rings (SSSR count). The van der Waals surface area contributed by atoms with Gasteiger partial charge in [-0.25, -0.2) is 9.07 Å². The Kier molecular flexibility index (Phi) is 6.15. The highest BCUT2D eigenvalue weighted by molar-refractivity contribution is 6.30. The third-order valence-corrected chi connectivity index (χ3v) is 4.64. The molecule has 0 fully saturated rings. The van der Waals surface area contributed by atoms with Crippen molar-refractivity contribution in [3.8, 4) is 5.69 Å². The molecule has 2 aromatic carbocycles. The molecular formula is C22H23ClFN3O. The SMILES string of the molecule is CCc1c(C(=O)Nc2ccc(F)cc2)c(CC(C)C)nn1-c1ccc(Cl)cc1. The van der Waals surface area contributed by atoms with Gasteiger partial charge in [0.1, 0.15) is 5.82 Å². The predicted octanol–water partition coefficient (Wildman–Crippen LogP) is 5.68. The summed E-state index contributed by atoms with van der Waals surface area (Å²) in [6, 6.07) is 13.1. The maximum Gasteiger partial charge on any atom is 0.259 e. The molecule has 0 bridgehead atoms. The van der Waals surface area contributed by atoms with Crippen LogP contribution in [0, 0.1) is 11.7 Å². The van der Waals surface area contributed by atoms with Crippen LogP contribution in [-0.2, 0) is 12.8 Å². The number of carbonyl (C=O) groups is 1. The zero-order chi connectivity index (χ0) is 20.3. The highest BCUT2D eigenvalue weighted by atomic mass is 35.5. The van der Waals surface area contributed by atoms with Crippen LogP contribution in [0.15, 0.2) is 48.5 Å². The molecule has 0 aliphatic rings. The van der Waals surface area contributed by atoms with Gasteiger partial charge in [-0.05, 0) is 67.3 Å².